The third-order valence-electron chi connectivity index (χ3n) is 4.34. The Bertz CT molecular complexity index is 711. The zero-order valence-electron chi connectivity index (χ0n) is 13.8. The first-order valence-electron chi connectivity index (χ1n) is 8.21. The molecular formula is C19H22FN3O. The molecule has 1 heterocycles. The number of para-hydroxylation sites is 2. The maximum atomic E-state index is 13.6. The van der Waals surface area contributed by atoms with Gasteiger partial charge in [-0.15, -0.1) is 0 Å². The molecule has 3 rings (SSSR count). The lowest BCUT2D eigenvalue weighted by Crippen LogP contribution is -2.48. The van der Waals surface area contributed by atoms with Crippen LogP contribution in [0.3, 0.4) is 0 Å². The van der Waals surface area contributed by atoms with Crippen molar-refractivity contribution in [2.45, 2.75) is 6.92 Å². The van der Waals surface area contributed by atoms with Gasteiger partial charge >= 0.3 is 0 Å². The van der Waals surface area contributed by atoms with Crippen LogP contribution in [-0.4, -0.2) is 43.5 Å². The molecule has 1 fully saturated rings. The summed E-state index contributed by atoms with van der Waals surface area (Å²) in [6, 6.07) is 14.6. The van der Waals surface area contributed by atoms with E-state index in [0.29, 0.717) is 0 Å². The van der Waals surface area contributed by atoms with Crippen LogP contribution in [0.25, 0.3) is 0 Å². The first-order chi connectivity index (χ1) is 11.6. The van der Waals surface area contributed by atoms with Gasteiger partial charge in [-0.2, -0.15) is 0 Å². The van der Waals surface area contributed by atoms with Crippen LogP contribution in [0.15, 0.2) is 48.5 Å². The quantitative estimate of drug-likeness (QED) is 0.938. The molecule has 0 atom stereocenters. The van der Waals surface area contributed by atoms with Crippen molar-refractivity contribution in [2.75, 3.05) is 42.9 Å². The number of hydrogen-bond donors (Lipinski definition) is 1. The molecule has 2 aromatic rings. The molecule has 4 nitrogen and oxygen atoms in total. The number of halogens is 1. The molecule has 1 aliphatic heterocycles. The Balaban J connectivity index is 1.51. The summed E-state index contributed by atoms with van der Waals surface area (Å²) < 4.78 is 13.6. The summed E-state index contributed by atoms with van der Waals surface area (Å²) in [7, 11) is 0. The maximum absolute atomic E-state index is 13.6. The second-order valence-electron chi connectivity index (χ2n) is 6.08. The molecule has 1 saturated heterocycles. The van der Waals surface area contributed by atoms with E-state index in [4.69, 9.17) is 0 Å². The molecule has 1 aliphatic rings. The molecule has 0 aromatic heterocycles. The molecule has 24 heavy (non-hydrogen) atoms. The Morgan fingerprint density at radius 2 is 1.71 bits per heavy atom. The number of carbonyl (C=O) groups is 1. The van der Waals surface area contributed by atoms with E-state index in [1.807, 2.05) is 6.07 Å². The van der Waals surface area contributed by atoms with Gasteiger partial charge in [-0.25, -0.2) is 4.39 Å². The van der Waals surface area contributed by atoms with Gasteiger partial charge in [0.2, 0.25) is 5.91 Å². The van der Waals surface area contributed by atoms with E-state index in [1.54, 1.807) is 18.2 Å². The fraction of sp³-hybridized carbons (Fsp3) is 0.316. The molecule has 0 spiro atoms. The third kappa shape index (κ3) is 3.92. The highest BCUT2D eigenvalue weighted by Crippen LogP contribution is 2.20. The second-order valence-corrected chi connectivity index (χ2v) is 6.08. The van der Waals surface area contributed by atoms with Crippen LogP contribution in [0.4, 0.5) is 15.8 Å². The first kappa shape index (κ1) is 16.5. The van der Waals surface area contributed by atoms with Crippen molar-refractivity contribution in [3.05, 3.63) is 59.9 Å². The minimum absolute atomic E-state index is 0.176. The molecule has 0 radical (unpaired) electrons. The Labute approximate surface area is 141 Å². The van der Waals surface area contributed by atoms with Gasteiger partial charge in [0.05, 0.1) is 12.2 Å². The molecule has 0 unspecified atom stereocenters. The van der Waals surface area contributed by atoms with E-state index < -0.39 is 5.82 Å². The van der Waals surface area contributed by atoms with E-state index >= 15 is 0 Å². The van der Waals surface area contributed by atoms with E-state index in [1.165, 1.54) is 17.3 Å². The zero-order chi connectivity index (χ0) is 16.9. The molecule has 126 valence electrons. The maximum Gasteiger partial charge on any atom is 0.238 e. The van der Waals surface area contributed by atoms with Crippen molar-refractivity contribution in [2.24, 2.45) is 0 Å². The van der Waals surface area contributed by atoms with Gasteiger partial charge in [0.25, 0.3) is 0 Å². The number of rotatable bonds is 4. The molecule has 5 heteroatoms. The van der Waals surface area contributed by atoms with Gasteiger partial charge in [-0.3, -0.25) is 9.69 Å². The number of nitrogens with zero attached hydrogens (tertiary/aromatic N) is 2. The average Bonchev–Trinajstić information content (AvgIpc) is 2.58. The number of piperazine rings is 1. The van der Waals surface area contributed by atoms with Crippen LogP contribution in [0, 0.1) is 12.7 Å². The van der Waals surface area contributed by atoms with Crippen molar-refractivity contribution in [3.63, 3.8) is 0 Å². The number of aryl methyl sites for hydroxylation is 1. The first-order valence-corrected chi connectivity index (χ1v) is 8.21. The summed E-state index contributed by atoms with van der Waals surface area (Å²) in [5.41, 5.74) is 2.76. The van der Waals surface area contributed by atoms with Gasteiger partial charge in [-0.05, 0) is 30.7 Å². The van der Waals surface area contributed by atoms with Crippen molar-refractivity contribution in [1.82, 2.24) is 4.90 Å². The van der Waals surface area contributed by atoms with Crippen LogP contribution < -0.4 is 10.2 Å². The summed E-state index contributed by atoms with van der Waals surface area (Å²) in [5, 5.41) is 2.64. The summed E-state index contributed by atoms with van der Waals surface area (Å²) >= 11 is 0. The third-order valence-corrected chi connectivity index (χ3v) is 4.34. The van der Waals surface area contributed by atoms with E-state index in [0.717, 1.165) is 26.2 Å². The molecule has 0 aliphatic carbocycles. The van der Waals surface area contributed by atoms with Gasteiger partial charge < -0.3 is 10.2 Å². The average molecular weight is 327 g/mol. The number of hydrogen-bond acceptors (Lipinski definition) is 3. The van der Waals surface area contributed by atoms with Crippen molar-refractivity contribution in [1.29, 1.82) is 0 Å². The standard InChI is InChI=1S/C19H22FN3O/c1-15-6-2-5-9-18(15)23-12-10-22(11-13-23)14-19(24)21-17-8-4-3-7-16(17)20/h2-9H,10-14H2,1H3,(H,21,24). The van der Waals surface area contributed by atoms with Gasteiger partial charge in [0.15, 0.2) is 0 Å². The molecule has 1 amide bonds. The van der Waals surface area contributed by atoms with Crippen molar-refractivity contribution < 1.29 is 9.18 Å². The summed E-state index contributed by atoms with van der Waals surface area (Å²) in [6.45, 7) is 5.81. The van der Waals surface area contributed by atoms with Gasteiger partial charge in [0.1, 0.15) is 5.82 Å². The lowest BCUT2D eigenvalue weighted by Gasteiger charge is -2.36. The van der Waals surface area contributed by atoms with Crippen LogP contribution in [0.1, 0.15) is 5.56 Å². The fourth-order valence-corrected chi connectivity index (χ4v) is 3.02. The van der Waals surface area contributed by atoms with Crippen LogP contribution >= 0.6 is 0 Å². The zero-order valence-corrected chi connectivity index (χ0v) is 13.8. The molecule has 1 N–H and O–H groups in total. The summed E-state index contributed by atoms with van der Waals surface area (Å²) in [6.07, 6.45) is 0. The van der Waals surface area contributed by atoms with Crippen LogP contribution in [0.5, 0.6) is 0 Å². The predicted molar refractivity (Wildman–Crippen MR) is 94.9 cm³/mol. The normalized spacial score (nSPS) is 15.3. The van der Waals surface area contributed by atoms with Crippen molar-refractivity contribution in [3.8, 4) is 0 Å². The second kappa shape index (κ2) is 7.45. The number of amides is 1. The molecule has 0 saturated carbocycles. The Morgan fingerprint density at radius 1 is 1.04 bits per heavy atom. The minimum atomic E-state index is -0.407. The van der Waals surface area contributed by atoms with E-state index in [2.05, 4.69) is 40.2 Å². The topological polar surface area (TPSA) is 35.6 Å². The highest BCUT2D eigenvalue weighted by Gasteiger charge is 2.20. The largest absolute Gasteiger partial charge is 0.369 e. The minimum Gasteiger partial charge on any atom is -0.369 e. The SMILES string of the molecule is Cc1ccccc1N1CCN(CC(=O)Nc2ccccc2F)CC1. The van der Waals surface area contributed by atoms with Crippen LogP contribution in [-0.2, 0) is 4.79 Å². The number of benzene rings is 2. The highest BCUT2D eigenvalue weighted by molar-refractivity contribution is 5.92. The predicted octanol–water partition coefficient (Wildman–Crippen LogP) is 2.89. The van der Waals surface area contributed by atoms with E-state index in [9.17, 15) is 9.18 Å². The molecular weight excluding hydrogens is 305 g/mol. The van der Waals surface area contributed by atoms with Crippen LogP contribution in [0.2, 0.25) is 0 Å². The van der Waals surface area contributed by atoms with E-state index in [-0.39, 0.29) is 18.1 Å². The highest BCUT2D eigenvalue weighted by atomic mass is 19.1. The number of nitrogens with one attached hydrogen (secondary N) is 1. The van der Waals surface area contributed by atoms with Crippen molar-refractivity contribution >= 4 is 17.3 Å². The number of anilines is 2. The summed E-state index contributed by atoms with van der Waals surface area (Å²) in [4.78, 5) is 16.6. The Kier molecular flexibility index (Phi) is 5.11. The summed E-state index contributed by atoms with van der Waals surface area (Å²) in [5.74, 6) is -0.584. The fourth-order valence-electron chi connectivity index (χ4n) is 3.02. The molecule has 0 bridgehead atoms. The molecule has 2 aromatic carbocycles. The Morgan fingerprint density at radius 3 is 2.42 bits per heavy atom. The van der Waals surface area contributed by atoms with Gasteiger partial charge in [-0.1, -0.05) is 30.3 Å². The monoisotopic (exact) mass is 327 g/mol. The number of carbonyl (C=O) groups excluding carboxylic acids is 1. The van der Waals surface area contributed by atoms with Gasteiger partial charge in [0, 0.05) is 31.9 Å². The Hall–Kier alpha value is -2.40. The lowest BCUT2D eigenvalue weighted by molar-refractivity contribution is -0.117. The lowest BCUT2D eigenvalue weighted by atomic mass is 10.1. The smallest absolute Gasteiger partial charge is 0.238 e.